The predicted octanol–water partition coefficient (Wildman–Crippen LogP) is 0.994. The molecule has 24 heavy (non-hydrogen) atoms. The molecule has 0 fully saturated rings. The van der Waals surface area contributed by atoms with Crippen LogP contribution in [0.3, 0.4) is 0 Å². The highest BCUT2D eigenvalue weighted by Gasteiger charge is 2.14. The lowest BCUT2D eigenvalue weighted by Crippen LogP contribution is -2.27. The van der Waals surface area contributed by atoms with Crippen LogP contribution in [0.15, 0.2) is 23.0 Å². The average Bonchev–Trinajstić information content (AvgIpc) is 2.58. The molecule has 128 valence electrons. The fourth-order valence-corrected chi connectivity index (χ4v) is 2.60. The van der Waals surface area contributed by atoms with E-state index in [4.69, 9.17) is 14.2 Å². The van der Waals surface area contributed by atoms with Gasteiger partial charge in [0.15, 0.2) is 11.5 Å². The molecule has 0 atom stereocenters. The third-order valence-electron chi connectivity index (χ3n) is 3.83. The Kier molecular flexibility index (Phi) is 5.00. The van der Waals surface area contributed by atoms with Crippen LogP contribution in [0.1, 0.15) is 12.0 Å². The standard InChI is InChI=1S/C17H20N2O5/c1-22-5-4-18-16(20)3-2-11-8-12-9-14-15(24-7-6-23-14)10-13(12)19-17(11)21/h8-10H,2-7H2,1H3,(H,18,20)(H,19,21). The summed E-state index contributed by atoms with van der Waals surface area (Å²) in [4.78, 5) is 26.8. The molecule has 3 rings (SSSR count). The van der Waals surface area contributed by atoms with Crippen LogP contribution in [0.2, 0.25) is 0 Å². The molecule has 2 aromatic rings. The molecule has 7 nitrogen and oxygen atoms in total. The normalized spacial score (nSPS) is 13.0. The molecule has 0 spiro atoms. The van der Waals surface area contributed by atoms with Crippen molar-refractivity contribution in [1.29, 1.82) is 0 Å². The van der Waals surface area contributed by atoms with Crippen molar-refractivity contribution in [2.24, 2.45) is 0 Å². The first-order valence-electron chi connectivity index (χ1n) is 7.88. The van der Waals surface area contributed by atoms with Crippen molar-refractivity contribution in [3.05, 3.63) is 34.1 Å². The Hall–Kier alpha value is -2.54. The maximum absolute atomic E-state index is 12.2. The first-order valence-corrected chi connectivity index (χ1v) is 7.88. The van der Waals surface area contributed by atoms with Crippen LogP contribution in [0.5, 0.6) is 11.5 Å². The molecule has 1 aromatic carbocycles. The molecule has 2 N–H and O–H groups in total. The van der Waals surface area contributed by atoms with Crippen LogP contribution in [-0.4, -0.2) is 44.4 Å². The van der Waals surface area contributed by atoms with Crippen molar-refractivity contribution < 1.29 is 19.0 Å². The number of H-pyrrole nitrogens is 1. The molecular weight excluding hydrogens is 312 g/mol. The zero-order chi connectivity index (χ0) is 16.9. The summed E-state index contributed by atoms with van der Waals surface area (Å²) in [7, 11) is 1.58. The van der Waals surface area contributed by atoms with Gasteiger partial charge < -0.3 is 24.5 Å². The Morgan fingerprint density at radius 1 is 1.25 bits per heavy atom. The Bertz CT molecular complexity index is 799. The van der Waals surface area contributed by atoms with E-state index < -0.39 is 0 Å². The highest BCUT2D eigenvalue weighted by Crippen LogP contribution is 2.33. The van der Waals surface area contributed by atoms with Crippen molar-refractivity contribution in [3.8, 4) is 11.5 Å². The zero-order valence-electron chi connectivity index (χ0n) is 13.5. The summed E-state index contributed by atoms with van der Waals surface area (Å²) >= 11 is 0. The van der Waals surface area contributed by atoms with E-state index in [1.807, 2.05) is 6.07 Å². The molecule has 1 aliphatic heterocycles. The molecule has 1 aliphatic rings. The van der Waals surface area contributed by atoms with Crippen molar-refractivity contribution >= 4 is 16.8 Å². The summed E-state index contributed by atoms with van der Waals surface area (Å²) in [6.45, 7) is 1.94. The van der Waals surface area contributed by atoms with Gasteiger partial charge in [-0.05, 0) is 18.6 Å². The number of methoxy groups -OCH3 is 1. The predicted molar refractivity (Wildman–Crippen MR) is 88.8 cm³/mol. The fraction of sp³-hybridized carbons (Fsp3) is 0.412. The van der Waals surface area contributed by atoms with Gasteiger partial charge in [-0.3, -0.25) is 9.59 Å². The number of amides is 1. The van der Waals surface area contributed by atoms with E-state index >= 15 is 0 Å². The largest absolute Gasteiger partial charge is 0.486 e. The fourth-order valence-electron chi connectivity index (χ4n) is 2.60. The minimum absolute atomic E-state index is 0.103. The number of carbonyl (C=O) groups is 1. The van der Waals surface area contributed by atoms with E-state index in [9.17, 15) is 9.59 Å². The third kappa shape index (κ3) is 3.68. The van der Waals surface area contributed by atoms with Crippen molar-refractivity contribution in [2.75, 3.05) is 33.5 Å². The zero-order valence-corrected chi connectivity index (χ0v) is 13.5. The smallest absolute Gasteiger partial charge is 0.251 e. The lowest BCUT2D eigenvalue weighted by molar-refractivity contribution is -0.121. The molecule has 0 unspecified atom stereocenters. The molecule has 0 saturated heterocycles. The second-order valence-corrected chi connectivity index (χ2v) is 5.55. The van der Waals surface area contributed by atoms with Crippen LogP contribution in [0.4, 0.5) is 0 Å². The number of carbonyl (C=O) groups excluding carboxylic acids is 1. The summed E-state index contributed by atoms with van der Waals surface area (Å²) in [5, 5.41) is 3.59. The van der Waals surface area contributed by atoms with Gasteiger partial charge in [0, 0.05) is 37.1 Å². The van der Waals surface area contributed by atoms with Gasteiger partial charge in [-0.15, -0.1) is 0 Å². The Morgan fingerprint density at radius 3 is 2.75 bits per heavy atom. The van der Waals surface area contributed by atoms with E-state index in [-0.39, 0.29) is 17.9 Å². The third-order valence-corrected chi connectivity index (χ3v) is 3.83. The van der Waals surface area contributed by atoms with Gasteiger partial charge in [0.1, 0.15) is 13.2 Å². The van der Waals surface area contributed by atoms with Gasteiger partial charge >= 0.3 is 0 Å². The van der Waals surface area contributed by atoms with E-state index in [0.717, 1.165) is 5.39 Å². The summed E-state index contributed by atoms with van der Waals surface area (Å²) in [5.41, 5.74) is 1.07. The molecule has 7 heteroatoms. The highest BCUT2D eigenvalue weighted by molar-refractivity contribution is 5.83. The number of hydrogen-bond donors (Lipinski definition) is 2. The topological polar surface area (TPSA) is 89.7 Å². The van der Waals surface area contributed by atoms with Crippen LogP contribution >= 0.6 is 0 Å². The Morgan fingerprint density at radius 2 is 2.00 bits per heavy atom. The van der Waals surface area contributed by atoms with E-state index in [1.54, 1.807) is 19.2 Å². The maximum atomic E-state index is 12.2. The van der Waals surface area contributed by atoms with Crippen LogP contribution in [0, 0.1) is 0 Å². The molecule has 1 amide bonds. The number of nitrogens with one attached hydrogen (secondary N) is 2. The van der Waals surface area contributed by atoms with Gasteiger partial charge in [-0.2, -0.15) is 0 Å². The molecular formula is C17H20N2O5. The summed E-state index contributed by atoms with van der Waals surface area (Å²) in [6.07, 6.45) is 0.626. The first kappa shape index (κ1) is 16.3. The van der Waals surface area contributed by atoms with Crippen LogP contribution in [0.25, 0.3) is 10.9 Å². The molecule has 0 bridgehead atoms. The van der Waals surface area contributed by atoms with Crippen LogP contribution in [-0.2, 0) is 16.0 Å². The second kappa shape index (κ2) is 7.35. The number of aromatic amines is 1. The summed E-state index contributed by atoms with van der Waals surface area (Å²) < 4.78 is 16.0. The monoisotopic (exact) mass is 332 g/mol. The lowest BCUT2D eigenvalue weighted by atomic mass is 10.1. The number of benzene rings is 1. The number of aryl methyl sites for hydroxylation is 1. The molecule has 0 radical (unpaired) electrons. The number of ether oxygens (including phenoxy) is 3. The minimum Gasteiger partial charge on any atom is -0.486 e. The molecule has 0 saturated carbocycles. The molecule has 1 aromatic heterocycles. The summed E-state index contributed by atoms with van der Waals surface area (Å²) in [6, 6.07) is 5.42. The van der Waals surface area contributed by atoms with Gasteiger partial charge in [0.25, 0.3) is 5.56 Å². The van der Waals surface area contributed by atoms with Crippen molar-refractivity contribution in [2.45, 2.75) is 12.8 Å². The molecule has 2 heterocycles. The number of fused-ring (bicyclic) bond motifs is 2. The van der Waals surface area contributed by atoms with Gasteiger partial charge in [-0.25, -0.2) is 0 Å². The van der Waals surface area contributed by atoms with Crippen molar-refractivity contribution in [1.82, 2.24) is 10.3 Å². The van der Waals surface area contributed by atoms with Crippen LogP contribution < -0.4 is 20.3 Å². The van der Waals surface area contributed by atoms with Crippen molar-refractivity contribution in [3.63, 3.8) is 0 Å². The van der Waals surface area contributed by atoms with E-state index in [1.165, 1.54) is 0 Å². The SMILES string of the molecule is COCCNC(=O)CCc1cc2cc3c(cc2[nH]c1=O)OCCO3. The number of rotatable bonds is 6. The van der Waals surface area contributed by atoms with Gasteiger partial charge in [0.2, 0.25) is 5.91 Å². The Balaban J connectivity index is 1.75. The minimum atomic E-state index is -0.191. The summed E-state index contributed by atoms with van der Waals surface area (Å²) in [5.74, 6) is 1.20. The average molecular weight is 332 g/mol. The number of hydrogen-bond acceptors (Lipinski definition) is 5. The maximum Gasteiger partial charge on any atom is 0.251 e. The quantitative estimate of drug-likeness (QED) is 0.770. The first-order chi connectivity index (χ1) is 11.7. The Labute approximate surface area is 138 Å². The van der Waals surface area contributed by atoms with Gasteiger partial charge in [-0.1, -0.05) is 0 Å². The lowest BCUT2D eigenvalue weighted by Gasteiger charge is -2.18. The second-order valence-electron chi connectivity index (χ2n) is 5.55. The highest BCUT2D eigenvalue weighted by atomic mass is 16.6. The number of pyridine rings is 1. The van der Waals surface area contributed by atoms with Gasteiger partial charge in [0.05, 0.1) is 12.1 Å². The van der Waals surface area contributed by atoms with E-state index in [2.05, 4.69) is 10.3 Å². The van der Waals surface area contributed by atoms with E-state index in [0.29, 0.717) is 55.4 Å². The molecule has 0 aliphatic carbocycles. The number of aromatic nitrogens is 1.